The van der Waals surface area contributed by atoms with Gasteiger partial charge in [0.05, 0.1) is 37.0 Å². The van der Waals surface area contributed by atoms with E-state index >= 15 is 0 Å². The molecule has 3 aromatic rings. The lowest BCUT2D eigenvalue weighted by molar-refractivity contribution is 0.0398. The van der Waals surface area contributed by atoms with Crippen LogP contribution in [0.3, 0.4) is 0 Å². The first-order chi connectivity index (χ1) is 12.2. The molecule has 0 saturated carbocycles. The zero-order valence-electron chi connectivity index (χ0n) is 14.1. The number of hydrogen-bond donors (Lipinski definition) is 2. The fraction of sp³-hybridized carbons (Fsp3) is 0.316. The molecule has 0 bridgehead atoms. The van der Waals surface area contributed by atoms with Crippen molar-refractivity contribution in [3.63, 3.8) is 0 Å². The first-order valence-corrected chi connectivity index (χ1v) is 9.28. The van der Waals surface area contributed by atoms with Crippen molar-refractivity contribution in [3.8, 4) is 5.75 Å². The first-order valence-electron chi connectivity index (χ1n) is 8.29. The van der Waals surface area contributed by atoms with Crippen molar-refractivity contribution < 1.29 is 14.6 Å². The molecule has 0 aliphatic rings. The topological polar surface area (TPSA) is 67.4 Å². The van der Waals surface area contributed by atoms with Crippen LogP contribution in [-0.4, -0.2) is 40.1 Å². The summed E-state index contributed by atoms with van der Waals surface area (Å²) in [4.78, 5) is 7.77. The quantitative estimate of drug-likeness (QED) is 0.572. The van der Waals surface area contributed by atoms with E-state index in [1.165, 1.54) is 11.8 Å². The van der Waals surface area contributed by atoms with Crippen molar-refractivity contribution in [2.45, 2.75) is 24.8 Å². The van der Waals surface area contributed by atoms with Crippen molar-refractivity contribution in [1.29, 1.82) is 0 Å². The molecule has 132 valence electrons. The largest absolute Gasteiger partial charge is 0.494 e. The molecule has 0 amide bonds. The molecule has 25 heavy (non-hydrogen) atoms. The summed E-state index contributed by atoms with van der Waals surface area (Å²) in [5.41, 5.74) is 2.92. The number of fused-ring (bicyclic) bond motifs is 1. The lowest BCUT2D eigenvalue weighted by Gasteiger charge is -2.10. The molecule has 0 aliphatic heterocycles. The van der Waals surface area contributed by atoms with Gasteiger partial charge >= 0.3 is 0 Å². The number of nitrogens with one attached hydrogen (secondary N) is 1. The number of aromatic nitrogens is 2. The molecule has 6 heteroatoms. The van der Waals surface area contributed by atoms with Crippen LogP contribution in [-0.2, 0) is 11.3 Å². The van der Waals surface area contributed by atoms with Crippen LogP contribution in [0.15, 0.2) is 53.7 Å². The molecule has 1 atom stereocenters. The van der Waals surface area contributed by atoms with Crippen LogP contribution in [0.25, 0.3) is 11.0 Å². The van der Waals surface area contributed by atoms with E-state index in [0.29, 0.717) is 25.6 Å². The van der Waals surface area contributed by atoms with Gasteiger partial charge in [-0.25, -0.2) is 4.98 Å². The number of rotatable bonds is 9. The number of thioether (sulfide) groups is 1. The van der Waals surface area contributed by atoms with Crippen molar-refractivity contribution >= 4 is 22.8 Å². The standard InChI is InChI=1S/C19H22N2O3S/c1-2-24-16-8-9-17-18(10-16)21-19(20-17)25-13-15(22)12-23-11-14-6-4-3-5-7-14/h3-10,15,22H,2,11-13H2,1H3,(H,20,21). The molecule has 2 aromatic carbocycles. The highest BCUT2D eigenvalue weighted by molar-refractivity contribution is 7.99. The van der Waals surface area contributed by atoms with Gasteiger partial charge in [-0.1, -0.05) is 42.1 Å². The van der Waals surface area contributed by atoms with E-state index in [-0.39, 0.29) is 0 Å². The van der Waals surface area contributed by atoms with Crippen LogP contribution in [0.2, 0.25) is 0 Å². The second kappa shape index (κ2) is 8.89. The molecule has 0 fully saturated rings. The van der Waals surface area contributed by atoms with Crippen LogP contribution in [0.5, 0.6) is 5.75 Å². The summed E-state index contributed by atoms with van der Waals surface area (Å²) in [6.07, 6.45) is -0.541. The lowest BCUT2D eigenvalue weighted by atomic mass is 10.2. The Bertz CT molecular complexity index is 792. The molecule has 5 nitrogen and oxygen atoms in total. The molecule has 1 heterocycles. The Kier molecular flexibility index (Phi) is 6.33. The number of nitrogens with zero attached hydrogens (tertiary/aromatic N) is 1. The minimum absolute atomic E-state index is 0.302. The van der Waals surface area contributed by atoms with Gasteiger partial charge in [0.1, 0.15) is 5.75 Å². The summed E-state index contributed by atoms with van der Waals surface area (Å²) in [7, 11) is 0. The molecular weight excluding hydrogens is 336 g/mol. The Balaban J connectivity index is 1.46. The van der Waals surface area contributed by atoms with E-state index in [4.69, 9.17) is 9.47 Å². The van der Waals surface area contributed by atoms with Crippen LogP contribution in [0.1, 0.15) is 12.5 Å². The van der Waals surface area contributed by atoms with Crippen LogP contribution in [0, 0.1) is 0 Å². The maximum atomic E-state index is 10.1. The van der Waals surface area contributed by atoms with Crippen molar-refractivity contribution in [3.05, 3.63) is 54.1 Å². The van der Waals surface area contributed by atoms with E-state index in [1.54, 1.807) is 0 Å². The number of ether oxygens (including phenoxy) is 2. The molecule has 0 saturated heterocycles. The maximum Gasteiger partial charge on any atom is 0.166 e. The number of aromatic amines is 1. The third-order valence-corrected chi connectivity index (χ3v) is 4.60. The molecule has 1 unspecified atom stereocenters. The smallest absolute Gasteiger partial charge is 0.166 e. The van der Waals surface area contributed by atoms with Crippen LogP contribution >= 0.6 is 11.8 Å². The SMILES string of the molecule is CCOc1ccc2nc(SCC(O)COCc3ccccc3)[nH]c2c1. The highest BCUT2D eigenvalue weighted by Gasteiger charge is 2.09. The van der Waals surface area contributed by atoms with Crippen molar-refractivity contribution in [2.75, 3.05) is 19.0 Å². The molecule has 2 N–H and O–H groups in total. The Morgan fingerprint density at radius 1 is 1.20 bits per heavy atom. The number of benzene rings is 2. The van der Waals surface area contributed by atoms with Gasteiger partial charge < -0.3 is 19.6 Å². The second-order valence-corrected chi connectivity index (χ2v) is 6.63. The van der Waals surface area contributed by atoms with Gasteiger partial charge in [-0.15, -0.1) is 0 Å². The predicted octanol–water partition coefficient (Wildman–Crippen LogP) is 3.63. The summed E-state index contributed by atoms with van der Waals surface area (Å²) in [5, 5.41) is 10.9. The van der Waals surface area contributed by atoms with E-state index in [1.807, 2.05) is 55.5 Å². The molecule has 0 radical (unpaired) electrons. The van der Waals surface area contributed by atoms with E-state index in [0.717, 1.165) is 27.5 Å². The van der Waals surface area contributed by atoms with Gasteiger partial charge in [-0.05, 0) is 24.6 Å². The Hall–Kier alpha value is -2.02. The maximum absolute atomic E-state index is 10.1. The highest BCUT2D eigenvalue weighted by Crippen LogP contribution is 2.23. The number of aliphatic hydroxyl groups excluding tert-OH is 1. The minimum atomic E-state index is -0.541. The van der Waals surface area contributed by atoms with Gasteiger partial charge in [-0.3, -0.25) is 0 Å². The van der Waals surface area contributed by atoms with Crippen molar-refractivity contribution in [1.82, 2.24) is 9.97 Å². The first kappa shape index (κ1) is 17.8. The number of aliphatic hydroxyl groups is 1. The third kappa shape index (κ3) is 5.22. The van der Waals surface area contributed by atoms with Gasteiger partial charge in [0.25, 0.3) is 0 Å². The molecule has 3 rings (SSSR count). The fourth-order valence-electron chi connectivity index (χ4n) is 2.40. The van der Waals surface area contributed by atoms with E-state index < -0.39 is 6.10 Å². The number of H-pyrrole nitrogens is 1. The second-order valence-electron chi connectivity index (χ2n) is 5.62. The summed E-state index contributed by atoms with van der Waals surface area (Å²) in [6.45, 7) is 3.40. The minimum Gasteiger partial charge on any atom is -0.494 e. The van der Waals surface area contributed by atoms with E-state index in [9.17, 15) is 5.11 Å². The summed E-state index contributed by atoms with van der Waals surface area (Å²) in [6, 6.07) is 15.7. The van der Waals surface area contributed by atoms with Gasteiger partial charge in [0.2, 0.25) is 0 Å². The Morgan fingerprint density at radius 2 is 2.04 bits per heavy atom. The molecule has 0 aliphatic carbocycles. The molecule has 0 spiro atoms. The summed E-state index contributed by atoms with van der Waals surface area (Å²) >= 11 is 1.48. The summed E-state index contributed by atoms with van der Waals surface area (Å²) in [5.74, 6) is 1.34. The van der Waals surface area contributed by atoms with Gasteiger partial charge in [-0.2, -0.15) is 0 Å². The van der Waals surface area contributed by atoms with Gasteiger partial charge in [0, 0.05) is 11.8 Å². The number of imidazole rings is 1. The van der Waals surface area contributed by atoms with Gasteiger partial charge in [0.15, 0.2) is 5.16 Å². The van der Waals surface area contributed by atoms with Crippen LogP contribution in [0.4, 0.5) is 0 Å². The van der Waals surface area contributed by atoms with Crippen molar-refractivity contribution in [2.24, 2.45) is 0 Å². The predicted molar refractivity (Wildman–Crippen MR) is 100 cm³/mol. The zero-order valence-corrected chi connectivity index (χ0v) is 15.0. The fourth-order valence-corrected chi connectivity index (χ4v) is 3.19. The highest BCUT2D eigenvalue weighted by atomic mass is 32.2. The van der Waals surface area contributed by atoms with E-state index in [2.05, 4.69) is 9.97 Å². The monoisotopic (exact) mass is 358 g/mol. The Morgan fingerprint density at radius 3 is 2.84 bits per heavy atom. The normalized spacial score (nSPS) is 12.4. The molecule has 1 aromatic heterocycles. The lowest BCUT2D eigenvalue weighted by Crippen LogP contribution is -2.18. The average molecular weight is 358 g/mol. The zero-order chi connectivity index (χ0) is 17.5. The van der Waals surface area contributed by atoms with Crippen LogP contribution < -0.4 is 4.74 Å². The summed E-state index contributed by atoms with van der Waals surface area (Å²) < 4.78 is 11.1. The average Bonchev–Trinajstić information content (AvgIpc) is 3.03. The third-order valence-electron chi connectivity index (χ3n) is 3.58. The Labute approximate surface area is 151 Å². The molecular formula is C19H22N2O3S. The number of hydrogen-bond acceptors (Lipinski definition) is 5.